The van der Waals surface area contributed by atoms with Crippen LogP contribution in [0.4, 0.5) is 0 Å². The molecule has 1 atom stereocenters. The number of aromatic nitrogens is 4. The molecular formula is C21H23N5O2. The Hall–Kier alpha value is -2.96. The van der Waals surface area contributed by atoms with Gasteiger partial charge in [0.05, 0.1) is 12.2 Å². The number of benzene rings is 1. The molecule has 1 saturated carbocycles. The Kier molecular flexibility index (Phi) is 4.03. The van der Waals surface area contributed by atoms with Gasteiger partial charge in [-0.2, -0.15) is 5.10 Å². The Morgan fingerprint density at radius 2 is 2.07 bits per heavy atom. The summed E-state index contributed by atoms with van der Waals surface area (Å²) >= 11 is 0. The molecule has 1 amide bonds. The predicted molar refractivity (Wildman–Crippen MR) is 105 cm³/mol. The highest BCUT2D eigenvalue weighted by Gasteiger charge is 2.39. The van der Waals surface area contributed by atoms with Gasteiger partial charge in [0.25, 0.3) is 5.56 Å². The molecule has 1 aromatic carbocycles. The van der Waals surface area contributed by atoms with Crippen molar-refractivity contribution < 1.29 is 4.79 Å². The lowest BCUT2D eigenvalue weighted by molar-refractivity contribution is -0.135. The molecule has 0 N–H and O–H groups in total. The van der Waals surface area contributed by atoms with Crippen molar-refractivity contribution in [3.05, 3.63) is 58.3 Å². The highest BCUT2D eigenvalue weighted by Crippen LogP contribution is 2.40. The average molecular weight is 377 g/mol. The zero-order valence-corrected chi connectivity index (χ0v) is 15.9. The van der Waals surface area contributed by atoms with Gasteiger partial charge in [-0.3, -0.25) is 18.8 Å². The number of aryl methyl sites for hydroxylation is 2. The molecule has 2 aliphatic carbocycles. The first-order chi connectivity index (χ1) is 13.6. The van der Waals surface area contributed by atoms with Gasteiger partial charge in [0, 0.05) is 13.1 Å². The number of carbonyl (C=O) groups is 1. The highest BCUT2D eigenvalue weighted by atomic mass is 16.2. The van der Waals surface area contributed by atoms with E-state index in [2.05, 4.69) is 34.3 Å². The molecule has 144 valence electrons. The van der Waals surface area contributed by atoms with E-state index in [1.807, 2.05) is 4.90 Å². The summed E-state index contributed by atoms with van der Waals surface area (Å²) in [7, 11) is 1.75. The third-order valence-electron chi connectivity index (χ3n) is 5.93. The molecule has 7 nitrogen and oxygen atoms in total. The molecule has 1 fully saturated rings. The van der Waals surface area contributed by atoms with Crippen LogP contribution in [0.1, 0.15) is 42.9 Å². The van der Waals surface area contributed by atoms with Crippen LogP contribution in [0, 0.1) is 0 Å². The summed E-state index contributed by atoms with van der Waals surface area (Å²) in [5.74, 6) is -0.00339. The summed E-state index contributed by atoms with van der Waals surface area (Å²) < 4.78 is 2.98. The summed E-state index contributed by atoms with van der Waals surface area (Å²) in [6.07, 6.45) is 8.19. The van der Waals surface area contributed by atoms with Crippen molar-refractivity contribution in [2.45, 2.75) is 50.7 Å². The maximum Gasteiger partial charge on any atom is 0.264 e. The van der Waals surface area contributed by atoms with E-state index in [-0.39, 0.29) is 30.1 Å². The third-order valence-corrected chi connectivity index (χ3v) is 5.93. The molecule has 7 heteroatoms. The first-order valence-electron chi connectivity index (χ1n) is 9.89. The van der Waals surface area contributed by atoms with Crippen molar-refractivity contribution >= 4 is 16.9 Å². The fourth-order valence-electron chi connectivity index (χ4n) is 4.41. The molecule has 2 aromatic heterocycles. The van der Waals surface area contributed by atoms with Crippen LogP contribution in [0.5, 0.6) is 0 Å². The number of fused-ring (bicyclic) bond motifs is 2. The molecule has 2 aliphatic rings. The Morgan fingerprint density at radius 3 is 2.89 bits per heavy atom. The van der Waals surface area contributed by atoms with Crippen LogP contribution in [0.15, 0.2) is 41.6 Å². The fourth-order valence-corrected chi connectivity index (χ4v) is 4.41. The van der Waals surface area contributed by atoms with Gasteiger partial charge < -0.3 is 4.90 Å². The number of amides is 1. The number of hydrogen-bond donors (Lipinski definition) is 0. The number of hydrogen-bond acceptors (Lipinski definition) is 4. The maximum atomic E-state index is 13.3. The summed E-state index contributed by atoms with van der Waals surface area (Å²) in [6, 6.07) is 8.83. The first-order valence-corrected chi connectivity index (χ1v) is 9.89. The van der Waals surface area contributed by atoms with Crippen LogP contribution in [0.25, 0.3) is 11.0 Å². The Morgan fingerprint density at radius 1 is 1.25 bits per heavy atom. The van der Waals surface area contributed by atoms with Crippen LogP contribution in [-0.4, -0.2) is 36.2 Å². The highest BCUT2D eigenvalue weighted by molar-refractivity contribution is 5.78. The van der Waals surface area contributed by atoms with Crippen molar-refractivity contribution in [1.29, 1.82) is 0 Å². The molecule has 1 unspecified atom stereocenters. The van der Waals surface area contributed by atoms with Gasteiger partial charge in [-0.1, -0.05) is 24.3 Å². The van der Waals surface area contributed by atoms with Crippen molar-refractivity contribution in [1.82, 2.24) is 24.2 Å². The summed E-state index contributed by atoms with van der Waals surface area (Å²) in [6.45, 7) is 0.0197. The topological polar surface area (TPSA) is 73.0 Å². The van der Waals surface area contributed by atoms with E-state index in [0.717, 1.165) is 32.1 Å². The SMILES string of the molecule is Cn1ncc2c(=O)n(CC(=O)N(C3CC3)C3CCCc4ccccc43)cnc21. The predicted octanol–water partition coefficient (Wildman–Crippen LogP) is 2.20. The molecule has 0 bridgehead atoms. The van der Waals surface area contributed by atoms with Crippen LogP contribution < -0.4 is 5.56 Å². The lowest BCUT2D eigenvalue weighted by Crippen LogP contribution is -2.41. The second-order valence-electron chi connectivity index (χ2n) is 7.82. The summed E-state index contributed by atoms with van der Waals surface area (Å²) in [4.78, 5) is 32.4. The largest absolute Gasteiger partial charge is 0.331 e. The molecule has 0 spiro atoms. The minimum atomic E-state index is -0.216. The quantitative estimate of drug-likeness (QED) is 0.699. The molecule has 2 heterocycles. The van der Waals surface area contributed by atoms with E-state index in [0.29, 0.717) is 11.0 Å². The van der Waals surface area contributed by atoms with Crippen molar-refractivity contribution in [3.8, 4) is 0 Å². The first kappa shape index (κ1) is 17.2. The minimum absolute atomic E-state index is 0.00339. The van der Waals surface area contributed by atoms with Crippen LogP contribution in [-0.2, 0) is 24.8 Å². The van der Waals surface area contributed by atoms with Crippen molar-refractivity contribution in [2.24, 2.45) is 7.05 Å². The lowest BCUT2D eigenvalue weighted by Gasteiger charge is -2.36. The standard InChI is InChI=1S/C21H23N5O2/c1-24-20-17(11-23-24)21(28)25(13-22-20)12-19(27)26(15-9-10-15)18-8-4-6-14-5-2-3-7-16(14)18/h2-3,5,7,11,13,15,18H,4,6,8-10,12H2,1H3. The van der Waals surface area contributed by atoms with Crippen molar-refractivity contribution in [2.75, 3.05) is 0 Å². The number of nitrogens with zero attached hydrogens (tertiary/aromatic N) is 5. The maximum absolute atomic E-state index is 13.3. The van der Waals surface area contributed by atoms with E-state index in [1.54, 1.807) is 11.7 Å². The normalized spacial score (nSPS) is 18.8. The van der Waals surface area contributed by atoms with Gasteiger partial charge >= 0.3 is 0 Å². The van der Waals surface area contributed by atoms with Crippen molar-refractivity contribution in [3.63, 3.8) is 0 Å². The zero-order valence-electron chi connectivity index (χ0n) is 15.9. The minimum Gasteiger partial charge on any atom is -0.331 e. The fraction of sp³-hybridized carbons (Fsp3) is 0.429. The van der Waals surface area contributed by atoms with Gasteiger partial charge in [-0.05, 0) is 43.2 Å². The zero-order chi connectivity index (χ0) is 19.3. The van der Waals surface area contributed by atoms with E-state index >= 15 is 0 Å². The Balaban J connectivity index is 1.47. The second kappa shape index (κ2) is 6.58. The molecule has 0 saturated heterocycles. The molecular weight excluding hydrogens is 354 g/mol. The van der Waals surface area contributed by atoms with Gasteiger partial charge in [-0.25, -0.2) is 4.98 Å². The smallest absolute Gasteiger partial charge is 0.264 e. The number of carbonyl (C=O) groups excluding carboxylic acids is 1. The molecule has 3 aromatic rings. The summed E-state index contributed by atoms with van der Waals surface area (Å²) in [5.41, 5.74) is 2.93. The van der Waals surface area contributed by atoms with Crippen LogP contribution in [0.3, 0.4) is 0 Å². The van der Waals surface area contributed by atoms with E-state index < -0.39 is 0 Å². The number of rotatable bonds is 4. The molecule has 5 rings (SSSR count). The molecule has 28 heavy (non-hydrogen) atoms. The van der Waals surface area contributed by atoms with Gasteiger partial charge in [0.2, 0.25) is 5.91 Å². The average Bonchev–Trinajstić information content (AvgIpc) is 3.46. The lowest BCUT2D eigenvalue weighted by atomic mass is 9.86. The van der Waals surface area contributed by atoms with Gasteiger partial charge in [-0.15, -0.1) is 0 Å². The monoisotopic (exact) mass is 377 g/mol. The van der Waals surface area contributed by atoms with Crippen LogP contribution >= 0.6 is 0 Å². The Labute approximate surface area is 162 Å². The van der Waals surface area contributed by atoms with Gasteiger partial charge in [0.1, 0.15) is 18.3 Å². The van der Waals surface area contributed by atoms with E-state index in [1.165, 1.54) is 28.2 Å². The van der Waals surface area contributed by atoms with Crippen LogP contribution in [0.2, 0.25) is 0 Å². The molecule has 0 aliphatic heterocycles. The van der Waals surface area contributed by atoms with Gasteiger partial charge in [0.15, 0.2) is 5.65 Å². The second-order valence-corrected chi connectivity index (χ2v) is 7.82. The third kappa shape index (κ3) is 2.82. The van der Waals surface area contributed by atoms with E-state index in [9.17, 15) is 9.59 Å². The molecule has 0 radical (unpaired) electrons. The van der Waals surface area contributed by atoms with E-state index in [4.69, 9.17) is 0 Å². The Bertz CT molecular complexity index is 1110. The summed E-state index contributed by atoms with van der Waals surface area (Å²) in [5, 5.41) is 4.54.